The molecule has 0 aliphatic carbocycles. The molecule has 1 aromatic rings. The second-order valence-corrected chi connectivity index (χ2v) is 3.56. The topological polar surface area (TPSA) is 44.1 Å². The molecule has 0 saturated heterocycles. The zero-order valence-corrected chi connectivity index (χ0v) is 8.86. The second-order valence-electron chi connectivity index (χ2n) is 3.56. The van der Waals surface area contributed by atoms with Gasteiger partial charge in [-0.3, -0.25) is 9.48 Å². The fourth-order valence-electron chi connectivity index (χ4n) is 1.07. The first-order valence-corrected chi connectivity index (χ1v) is 4.69. The summed E-state index contributed by atoms with van der Waals surface area (Å²) >= 11 is 0. The first kappa shape index (κ1) is 10.9. The average Bonchev–Trinajstić information content (AvgIpc) is 2.48. The molecule has 14 heavy (non-hydrogen) atoms. The predicted octanol–water partition coefficient (Wildman–Crippen LogP) is 0.957. The molecule has 1 aromatic heterocycles. The summed E-state index contributed by atoms with van der Waals surface area (Å²) < 4.78 is 6.88. The molecule has 0 N–H and O–H groups in total. The van der Waals surface area contributed by atoms with Crippen molar-refractivity contribution in [3.8, 4) is 0 Å². The van der Waals surface area contributed by atoms with Gasteiger partial charge in [-0.05, 0) is 19.9 Å². The fraction of sp³-hybridized carbons (Fsp3) is 0.600. The summed E-state index contributed by atoms with van der Waals surface area (Å²) in [6.45, 7) is 4.00. The smallest absolute Gasteiger partial charge is 0.164 e. The summed E-state index contributed by atoms with van der Waals surface area (Å²) in [4.78, 5) is 11.4. The van der Waals surface area contributed by atoms with Crippen LogP contribution in [0.25, 0.3) is 0 Å². The fourth-order valence-corrected chi connectivity index (χ4v) is 1.07. The number of ether oxygens (including phenoxy) is 1. The summed E-state index contributed by atoms with van der Waals surface area (Å²) in [5.41, 5.74) is 0.796. The van der Waals surface area contributed by atoms with E-state index in [1.807, 2.05) is 33.2 Å². The van der Waals surface area contributed by atoms with Crippen LogP contribution in [0.5, 0.6) is 0 Å². The molecule has 1 rings (SSSR count). The van der Waals surface area contributed by atoms with E-state index in [1.54, 1.807) is 4.68 Å². The van der Waals surface area contributed by atoms with Gasteiger partial charge in [0.2, 0.25) is 0 Å². The van der Waals surface area contributed by atoms with Gasteiger partial charge in [-0.15, -0.1) is 0 Å². The maximum absolute atomic E-state index is 11.4. The first-order chi connectivity index (χ1) is 6.58. The molecule has 0 aliphatic heterocycles. The molecular formula is C10H16N2O2. The third-order valence-corrected chi connectivity index (χ3v) is 1.72. The number of aromatic nitrogens is 2. The van der Waals surface area contributed by atoms with E-state index in [0.717, 1.165) is 5.69 Å². The molecule has 4 heteroatoms. The molecule has 0 unspecified atom stereocenters. The molecule has 0 aromatic carbocycles. The van der Waals surface area contributed by atoms with Crippen molar-refractivity contribution in [2.45, 2.75) is 26.4 Å². The Kier molecular flexibility index (Phi) is 3.83. The number of hydrogen-bond acceptors (Lipinski definition) is 3. The summed E-state index contributed by atoms with van der Waals surface area (Å²) in [5.74, 6) is 0.0670. The molecule has 0 fully saturated rings. The van der Waals surface area contributed by atoms with Crippen molar-refractivity contribution in [3.05, 3.63) is 18.0 Å². The van der Waals surface area contributed by atoms with Gasteiger partial charge < -0.3 is 4.74 Å². The lowest BCUT2D eigenvalue weighted by Crippen LogP contribution is -2.15. The largest absolute Gasteiger partial charge is 0.371 e. The van der Waals surface area contributed by atoms with Gasteiger partial charge >= 0.3 is 0 Å². The zero-order chi connectivity index (χ0) is 10.6. The third kappa shape index (κ3) is 3.70. The quantitative estimate of drug-likeness (QED) is 0.704. The van der Waals surface area contributed by atoms with Crippen LogP contribution in [0.2, 0.25) is 0 Å². The van der Waals surface area contributed by atoms with Crippen LogP contribution in [0.4, 0.5) is 0 Å². The van der Waals surface area contributed by atoms with Crippen LogP contribution in [0.1, 0.15) is 19.5 Å². The van der Waals surface area contributed by atoms with Crippen molar-refractivity contribution in [3.63, 3.8) is 0 Å². The van der Waals surface area contributed by atoms with Crippen LogP contribution >= 0.6 is 0 Å². The van der Waals surface area contributed by atoms with E-state index in [4.69, 9.17) is 4.74 Å². The van der Waals surface area contributed by atoms with Crippen molar-refractivity contribution in [2.75, 3.05) is 6.61 Å². The Morgan fingerprint density at radius 1 is 1.64 bits per heavy atom. The molecule has 0 spiro atoms. The van der Waals surface area contributed by atoms with E-state index < -0.39 is 0 Å². The Hall–Kier alpha value is -1.16. The number of hydrogen-bond donors (Lipinski definition) is 0. The monoisotopic (exact) mass is 196 g/mol. The number of rotatable bonds is 5. The molecular weight excluding hydrogens is 180 g/mol. The van der Waals surface area contributed by atoms with Crippen molar-refractivity contribution in [2.24, 2.45) is 7.05 Å². The highest BCUT2D eigenvalue weighted by Gasteiger charge is 2.06. The van der Waals surface area contributed by atoms with Gasteiger partial charge in [0.15, 0.2) is 5.78 Å². The van der Waals surface area contributed by atoms with Gasteiger partial charge in [0.05, 0.1) is 18.2 Å². The zero-order valence-electron chi connectivity index (χ0n) is 8.86. The number of nitrogens with zero attached hydrogens (tertiary/aromatic N) is 2. The van der Waals surface area contributed by atoms with Gasteiger partial charge in [0.25, 0.3) is 0 Å². The minimum Gasteiger partial charge on any atom is -0.371 e. The molecule has 1 heterocycles. The number of carbonyl (C=O) groups is 1. The van der Waals surface area contributed by atoms with E-state index >= 15 is 0 Å². The lowest BCUT2D eigenvalue weighted by atomic mass is 10.2. The van der Waals surface area contributed by atoms with Gasteiger partial charge in [-0.1, -0.05) is 0 Å². The summed E-state index contributed by atoms with van der Waals surface area (Å²) in [5, 5.41) is 4.12. The van der Waals surface area contributed by atoms with Crippen LogP contribution in [-0.4, -0.2) is 28.3 Å². The molecule has 0 radical (unpaired) electrons. The molecule has 0 amide bonds. The minimum atomic E-state index is 0.0670. The minimum absolute atomic E-state index is 0.0670. The van der Waals surface area contributed by atoms with Crippen LogP contribution in [-0.2, 0) is 23.0 Å². The molecule has 0 bridgehead atoms. The normalized spacial score (nSPS) is 10.9. The number of ketones is 1. The van der Waals surface area contributed by atoms with E-state index in [0.29, 0.717) is 6.42 Å². The van der Waals surface area contributed by atoms with E-state index in [-0.39, 0.29) is 18.5 Å². The van der Waals surface area contributed by atoms with Crippen LogP contribution in [0.3, 0.4) is 0 Å². The molecule has 78 valence electrons. The molecule has 0 atom stereocenters. The van der Waals surface area contributed by atoms with Gasteiger partial charge in [0, 0.05) is 13.2 Å². The number of Topliss-reactive ketones (excluding diaryl/α,β-unsaturated/α-hetero) is 1. The molecule has 0 aliphatic rings. The third-order valence-electron chi connectivity index (χ3n) is 1.72. The highest BCUT2D eigenvalue weighted by Crippen LogP contribution is 1.97. The van der Waals surface area contributed by atoms with E-state index in [2.05, 4.69) is 5.10 Å². The highest BCUT2D eigenvalue weighted by atomic mass is 16.5. The average molecular weight is 196 g/mol. The Morgan fingerprint density at radius 2 is 2.36 bits per heavy atom. The van der Waals surface area contributed by atoms with Crippen LogP contribution in [0.15, 0.2) is 12.3 Å². The summed E-state index contributed by atoms with van der Waals surface area (Å²) in [6.07, 6.45) is 2.28. The SMILES string of the molecule is CC(C)OCC(=O)Cc1ccn(C)n1. The maximum atomic E-state index is 11.4. The summed E-state index contributed by atoms with van der Waals surface area (Å²) in [7, 11) is 1.83. The van der Waals surface area contributed by atoms with E-state index in [1.165, 1.54) is 0 Å². The highest BCUT2D eigenvalue weighted by molar-refractivity contribution is 5.81. The van der Waals surface area contributed by atoms with Crippen molar-refractivity contribution in [1.82, 2.24) is 9.78 Å². The number of aryl methyl sites for hydroxylation is 1. The standard InChI is InChI=1S/C10H16N2O2/c1-8(2)14-7-10(13)6-9-4-5-12(3)11-9/h4-5,8H,6-7H2,1-3H3. The Bertz CT molecular complexity index is 305. The van der Waals surface area contributed by atoms with Gasteiger partial charge in [-0.25, -0.2) is 0 Å². The van der Waals surface area contributed by atoms with Crippen molar-refractivity contribution in [1.29, 1.82) is 0 Å². The van der Waals surface area contributed by atoms with Crippen LogP contribution < -0.4 is 0 Å². The van der Waals surface area contributed by atoms with Crippen molar-refractivity contribution >= 4 is 5.78 Å². The lowest BCUT2D eigenvalue weighted by Gasteiger charge is -2.05. The number of carbonyl (C=O) groups excluding carboxylic acids is 1. The molecule has 0 saturated carbocycles. The van der Waals surface area contributed by atoms with Gasteiger partial charge in [-0.2, -0.15) is 5.10 Å². The Morgan fingerprint density at radius 3 is 2.86 bits per heavy atom. The van der Waals surface area contributed by atoms with E-state index in [9.17, 15) is 4.79 Å². The molecule has 4 nitrogen and oxygen atoms in total. The second kappa shape index (κ2) is 4.91. The van der Waals surface area contributed by atoms with Crippen LogP contribution in [0, 0.1) is 0 Å². The Balaban J connectivity index is 2.34. The Labute approximate surface area is 83.9 Å². The predicted molar refractivity (Wildman–Crippen MR) is 53.0 cm³/mol. The summed E-state index contributed by atoms with van der Waals surface area (Å²) in [6, 6.07) is 1.84. The maximum Gasteiger partial charge on any atom is 0.164 e. The lowest BCUT2D eigenvalue weighted by molar-refractivity contribution is -0.124. The van der Waals surface area contributed by atoms with Crippen molar-refractivity contribution < 1.29 is 9.53 Å². The van der Waals surface area contributed by atoms with Gasteiger partial charge in [0.1, 0.15) is 6.61 Å². The first-order valence-electron chi connectivity index (χ1n) is 4.69.